The normalized spacial score (nSPS) is 17.7. The highest BCUT2D eigenvalue weighted by Gasteiger charge is 2.23. The van der Waals surface area contributed by atoms with E-state index in [1.165, 1.54) is 12.3 Å². The average Bonchev–Trinajstić information content (AvgIpc) is 3.09. The van der Waals surface area contributed by atoms with Gasteiger partial charge in [0.25, 0.3) is 0 Å². The van der Waals surface area contributed by atoms with Crippen LogP contribution in [0.15, 0.2) is 34.9 Å². The van der Waals surface area contributed by atoms with Crippen molar-refractivity contribution in [2.24, 2.45) is 5.92 Å². The molecular formula is C19H24FN3O2. The minimum atomic E-state index is -0.342. The van der Waals surface area contributed by atoms with Gasteiger partial charge in [-0.15, -0.1) is 0 Å². The number of aryl methyl sites for hydroxylation is 1. The van der Waals surface area contributed by atoms with Crippen molar-refractivity contribution in [1.29, 1.82) is 0 Å². The Balaban J connectivity index is 1.55. The summed E-state index contributed by atoms with van der Waals surface area (Å²) in [5.41, 5.74) is 0.388. The third kappa shape index (κ3) is 4.45. The number of benzene rings is 1. The minimum absolute atomic E-state index is 0.131. The van der Waals surface area contributed by atoms with Gasteiger partial charge >= 0.3 is 0 Å². The summed E-state index contributed by atoms with van der Waals surface area (Å²) in [6, 6.07) is 6.43. The molecule has 25 heavy (non-hydrogen) atoms. The molecular weight excluding hydrogens is 321 g/mol. The molecule has 0 radical (unpaired) electrons. The predicted molar refractivity (Wildman–Crippen MR) is 93.4 cm³/mol. The van der Waals surface area contributed by atoms with Crippen molar-refractivity contribution in [1.82, 2.24) is 15.2 Å². The number of hydrogen-bond donors (Lipinski definition) is 1. The Labute approximate surface area is 147 Å². The first-order valence-corrected chi connectivity index (χ1v) is 8.79. The van der Waals surface area contributed by atoms with Crippen LogP contribution in [0.25, 0.3) is 11.3 Å². The number of carbonyl (C=O) groups excluding carboxylic acids is 1. The lowest BCUT2D eigenvalue weighted by Crippen LogP contribution is -2.42. The summed E-state index contributed by atoms with van der Waals surface area (Å²) >= 11 is 0. The van der Waals surface area contributed by atoms with Gasteiger partial charge in [-0.1, -0.05) is 12.1 Å². The van der Waals surface area contributed by atoms with Crippen molar-refractivity contribution < 1.29 is 13.6 Å². The average molecular weight is 345 g/mol. The van der Waals surface area contributed by atoms with Crippen LogP contribution in [0.1, 0.15) is 25.2 Å². The SMILES string of the molecule is CNCC1CCCN(C(=O)CCc2ncc(-c3ccccc3F)o2)C1. The molecule has 0 aliphatic carbocycles. The molecule has 0 bridgehead atoms. The minimum Gasteiger partial charge on any atom is -0.441 e. The fraction of sp³-hybridized carbons (Fsp3) is 0.474. The summed E-state index contributed by atoms with van der Waals surface area (Å²) in [5.74, 6) is 1.18. The molecule has 5 nitrogen and oxygen atoms in total. The second-order valence-electron chi connectivity index (χ2n) is 6.50. The number of rotatable bonds is 6. The summed E-state index contributed by atoms with van der Waals surface area (Å²) < 4.78 is 19.4. The van der Waals surface area contributed by atoms with E-state index < -0.39 is 0 Å². The number of aromatic nitrogens is 1. The van der Waals surface area contributed by atoms with Crippen molar-refractivity contribution in [2.45, 2.75) is 25.7 Å². The summed E-state index contributed by atoms with van der Waals surface area (Å²) in [7, 11) is 1.94. The molecule has 1 saturated heterocycles. The van der Waals surface area contributed by atoms with E-state index in [2.05, 4.69) is 10.3 Å². The lowest BCUT2D eigenvalue weighted by atomic mass is 9.97. The molecule has 0 spiro atoms. The molecule has 2 aromatic rings. The van der Waals surface area contributed by atoms with Gasteiger partial charge in [-0.25, -0.2) is 9.37 Å². The Morgan fingerprint density at radius 2 is 2.28 bits per heavy atom. The van der Waals surface area contributed by atoms with Gasteiger partial charge in [-0.3, -0.25) is 4.79 Å². The number of piperidine rings is 1. The third-order valence-electron chi connectivity index (χ3n) is 4.61. The summed E-state index contributed by atoms with van der Waals surface area (Å²) in [5, 5.41) is 3.18. The van der Waals surface area contributed by atoms with Crippen LogP contribution in [0.2, 0.25) is 0 Å². The largest absolute Gasteiger partial charge is 0.441 e. The maximum absolute atomic E-state index is 13.8. The van der Waals surface area contributed by atoms with Gasteiger partial charge in [0, 0.05) is 25.9 Å². The second kappa shape index (κ2) is 8.25. The van der Waals surface area contributed by atoms with E-state index in [0.29, 0.717) is 36.0 Å². The lowest BCUT2D eigenvalue weighted by Gasteiger charge is -2.32. The number of carbonyl (C=O) groups is 1. The van der Waals surface area contributed by atoms with Gasteiger partial charge in [0.1, 0.15) is 5.82 Å². The molecule has 2 heterocycles. The number of likely N-dealkylation sites (tertiary alicyclic amines) is 1. The van der Waals surface area contributed by atoms with Gasteiger partial charge in [0.2, 0.25) is 5.91 Å². The van der Waals surface area contributed by atoms with Crippen molar-refractivity contribution in [2.75, 3.05) is 26.7 Å². The quantitative estimate of drug-likeness (QED) is 0.875. The van der Waals surface area contributed by atoms with Crippen LogP contribution < -0.4 is 5.32 Å². The van der Waals surface area contributed by atoms with Crippen molar-refractivity contribution >= 4 is 5.91 Å². The summed E-state index contributed by atoms with van der Waals surface area (Å²) in [6.45, 7) is 2.58. The summed E-state index contributed by atoms with van der Waals surface area (Å²) in [4.78, 5) is 18.5. The molecule has 1 aliphatic rings. The van der Waals surface area contributed by atoms with Gasteiger partial charge in [-0.2, -0.15) is 0 Å². The van der Waals surface area contributed by atoms with E-state index in [9.17, 15) is 9.18 Å². The number of halogens is 1. The fourth-order valence-electron chi connectivity index (χ4n) is 3.33. The monoisotopic (exact) mass is 345 g/mol. The molecule has 134 valence electrons. The maximum atomic E-state index is 13.8. The van der Waals surface area contributed by atoms with Crippen molar-refractivity contribution in [3.8, 4) is 11.3 Å². The fourth-order valence-corrected chi connectivity index (χ4v) is 3.33. The first kappa shape index (κ1) is 17.6. The Morgan fingerprint density at radius 3 is 3.08 bits per heavy atom. The number of hydrogen-bond acceptors (Lipinski definition) is 4. The molecule has 1 fully saturated rings. The van der Waals surface area contributed by atoms with E-state index >= 15 is 0 Å². The molecule has 1 N–H and O–H groups in total. The van der Waals surface area contributed by atoms with Gasteiger partial charge in [0.05, 0.1) is 11.8 Å². The Bertz CT molecular complexity index is 714. The van der Waals surface area contributed by atoms with Crippen LogP contribution in [0, 0.1) is 11.7 Å². The van der Waals surface area contributed by atoms with Crippen molar-refractivity contribution in [3.63, 3.8) is 0 Å². The number of amides is 1. The van der Waals surface area contributed by atoms with Crippen LogP contribution in [0.3, 0.4) is 0 Å². The zero-order chi connectivity index (χ0) is 17.6. The van der Waals surface area contributed by atoms with Gasteiger partial charge in [-0.05, 0) is 44.5 Å². The number of oxazole rings is 1. The van der Waals surface area contributed by atoms with Crippen LogP contribution >= 0.6 is 0 Å². The van der Waals surface area contributed by atoms with Crippen LogP contribution in [-0.4, -0.2) is 42.5 Å². The predicted octanol–water partition coefficient (Wildman–Crippen LogP) is 2.87. The first-order chi connectivity index (χ1) is 12.2. The molecule has 1 amide bonds. The standard InChI is InChI=1S/C19H24FN3O2/c1-21-11-14-5-4-10-23(13-14)19(24)9-8-18-22-12-17(25-18)15-6-2-3-7-16(15)20/h2-3,6-7,12,14,21H,4-5,8-11,13H2,1H3. The molecule has 1 aromatic carbocycles. The summed E-state index contributed by atoms with van der Waals surface area (Å²) in [6.07, 6.45) is 4.52. The molecule has 1 atom stereocenters. The second-order valence-corrected chi connectivity index (χ2v) is 6.50. The highest BCUT2D eigenvalue weighted by molar-refractivity contribution is 5.76. The Morgan fingerprint density at radius 1 is 1.44 bits per heavy atom. The smallest absolute Gasteiger partial charge is 0.223 e. The van der Waals surface area contributed by atoms with Gasteiger partial charge < -0.3 is 14.6 Å². The van der Waals surface area contributed by atoms with Gasteiger partial charge in [0.15, 0.2) is 11.7 Å². The number of nitrogens with zero attached hydrogens (tertiary/aromatic N) is 2. The maximum Gasteiger partial charge on any atom is 0.223 e. The zero-order valence-corrected chi connectivity index (χ0v) is 14.5. The van der Waals surface area contributed by atoms with E-state index in [1.54, 1.807) is 18.2 Å². The van der Waals surface area contributed by atoms with E-state index in [0.717, 1.165) is 32.5 Å². The van der Waals surface area contributed by atoms with Crippen LogP contribution in [-0.2, 0) is 11.2 Å². The van der Waals surface area contributed by atoms with Crippen molar-refractivity contribution in [3.05, 3.63) is 42.2 Å². The van der Waals surface area contributed by atoms with E-state index in [-0.39, 0.29) is 11.7 Å². The third-order valence-corrected chi connectivity index (χ3v) is 4.61. The molecule has 0 saturated carbocycles. The Kier molecular flexibility index (Phi) is 5.81. The number of nitrogens with one attached hydrogen (secondary N) is 1. The van der Waals surface area contributed by atoms with E-state index in [1.807, 2.05) is 11.9 Å². The molecule has 1 unspecified atom stereocenters. The highest BCUT2D eigenvalue weighted by atomic mass is 19.1. The van der Waals surface area contributed by atoms with E-state index in [4.69, 9.17) is 4.42 Å². The van der Waals surface area contributed by atoms with Crippen LogP contribution in [0.5, 0.6) is 0 Å². The topological polar surface area (TPSA) is 58.4 Å². The molecule has 6 heteroatoms. The van der Waals surface area contributed by atoms with Crippen LogP contribution in [0.4, 0.5) is 4.39 Å². The highest BCUT2D eigenvalue weighted by Crippen LogP contribution is 2.24. The first-order valence-electron chi connectivity index (χ1n) is 8.79. The molecule has 3 rings (SSSR count). The molecule has 1 aromatic heterocycles. The lowest BCUT2D eigenvalue weighted by molar-refractivity contribution is -0.133. The Hall–Kier alpha value is -2.21. The molecule has 1 aliphatic heterocycles. The zero-order valence-electron chi connectivity index (χ0n) is 14.5.